The zero-order chi connectivity index (χ0) is 16.2. The molecule has 0 spiro atoms. The molecule has 1 heterocycles. The van der Waals surface area contributed by atoms with Gasteiger partial charge >= 0.3 is 0 Å². The molecule has 2 nitrogen and oxygen atoms in total. The van der Waals surface area contributed by atoms with E-state index in [0.717, 1.165) is 40.5 Å². The lowest BCUT2D eigenvalue weighted by atomic mass is 9.94. The zero-order valence-corrected chi connectivity index (χ0v) is 15.0. The van der Waals surface area contributed by atoms with Crippen molar-refractivity contribution in [3.05, 3.63) is 69.0 Å². The van der Waals surface area contributed by atoms with Crippen LogP contribution in [0.3, 0.4) is 0 Å². The predicted molar refractivity (Wildman–Crippen MR) is 98.1 cm³/mol. The maximum Gasteiger partial charge on any atom is 0.253 e. The molecular formula is C19H19FINO. The van der Waals surface area contributed by atoms with Crippen LogP contribution >= 0.6 is 22.6 Å². The molecule has 1 aliphatic rings. The van der Waals surface area contributed by atoms with Crippen molar-refractivity contribution >= 4 is 28.5 Å². The molecule has 0 aromatic heterocycles. The minimum Gasteiger partial charge on any atom is -0.338 e. The number of carbonyl (C=O) groups excluding carboxylic acids is 1. The molecular weight excluding hydrogens is 404 g/mol. The van der Waals surface area contributed by atoms with Crippen LogP contribution in [0.4, 0.5) is 4.39 Å². The summed E-state index contributed by atoms with van der Waals surface area (Å²) in [6.07, 6.45) is 3.16. The first-order valence-corrected chi connectivity index (χ1v) is 9.01. The average molecular weight is 423 g/mol. The number of nitrogens with zero attached hydrogens (tertiary/aromatic N) is 1. The van der Waals surface area contributed by atoms with E-state index < -0.39 is 0 Å². The molecule has 1 fully saturated rings. The Balaban J connectivity index is 1.79. The van der Waals surface area contributed by atoms with Crippen molar-refractivity contribution in [3.63, 3.8) is 0 Å². The molecule has 1 atom stereocenters. The van der Waals surface area contributed by atoms with Gasteiger partial charge in [-0.2, -0.15) is 0 Å². The molecule has 1 amide bonds. The monoisotopic (exact) mass is 423 g/mol. The summed E-state index contributed by atoms with van der Waals surface area (Å²) in [6, 6.07) is 14.4. The molecule has 0 aliphatic carbocycles. The number of hydrogen-bond donors (Lipinski definition) is 0. The molecule has 1 saturated heterocycles. The first kappa shape index (κ1) is 16.4. The fraction of sp³-hybridized carbons (Fsp3) is 0.316. The Labute approximate surface area is 149 Å². The standard InChI is InChI=1S/C19H19FINO/c20-17-9-7-14(8-10-17)16-4-1-2-11-22(13-16)19(23)15-5-3-6-18(21)12-15/h3,5-10,12,16H,1-2,4,11,13H2. The third kappa shape index (κ3) is 4.10. The van der Waals surface area contributed by atoms with Crippen LogP contribution in [0.5, 0.6) is 0 Å². The lowest BCUT2D eigenvalue weighted by molar-refractivity contribution is 0.0754. The minimum atomic E-state index is -0.214. The van der Waals surface area contributed by atoms with Crippen molar-refractivity contribution in [1.29, 1.82) is 0 Å². The number of carbonyl (C=O) groups is 1. The van der Waals surface area contributed by atoms with Gasteiger partial charge in [0.05, 0.1) is 0 Å². The van der Waals surface area contributed by atoms with Gasteiger partial charge in [-0.3, -0.25) is 4.79 Å². The van der Waals surface area contributed by atoms with E-state index in [4.69, 9.17) is 0 Å². The van der Waals surface area contributed by atoms with Crippen LogP contribution in [-0.4, -0.2) is 23.9 Å². The first-order chi connectivity index (χ1) is 11.1. The summed E-state index contributed by atoms with van der Waals surface area (Å²) in [6.45, 7) is 1.50. The molecule has 120 valence electrons. The summed E-state index contributed by atoms with van der Waals surface area (Å²) >= 11 is 2.23. The van der Waals surface area contributed by atoms with E-state index in [-0.39, 0.29) is 17.6 Å². The number of hydrogen-bond acceptors (Lipinski definition) is 1. The number of benzene rings is 2. The van der Waals surface area contributed by atoms with Gasteiger partial charge in [-0.25, -0.2) is 4.39 Å². The van der Waals surface area contributed by atoms with E-state index in [1.54, 1.807) is 0 Å². The SMILES string of the molecule is O=C(c1cccc(I)c1)N1CCCCC(c2ccc(F)cc2)C1. The third-order valence-electron chi connectivity index (χ3n) is 4.37. The molecule has 0 N–H and O–H groups in total. The Bertz CT molecular complexity index is 686. The highest BCUT2D eigenvalue weighted by Gasteiger charge is 2.24. The van der Waals surface area contributed by atoms with E-state index in [0.29, 0.717) is 6.54 Å². The summed E-state index contributed by atoms with van der Waals surface area (Å²) in [4.78, 5) is 14.7. The van der Waals surface area contributed by atoms with Crippen LogP contribution in [0.15, 0.2) is 48.5 Å². The molecule has 2 aromatic carbocycles. The van der Waals surface area contributed by atoms with Crippen molar-refractivity contribution in [1.82, 2.24) is 4.90 Å². The Morgan fingerprint density at radius 1 is 1.13 bits per heavy atom. The topological polar surface area (TPSA) is 20.3 Å². The molecule has 1 unspecified atom stereocenters. The number of likely N-dealkylation sites (tertiary alicyclic amines) is 1. The second-order valence-corrected chi connectivity index (χ2v) is 7.25. The van der Waals surface area contributed by atoms with Gasteiger partial charge in [-0.05, 0) is 71.3 Å². The summed E-state index contributed by atoms with van der Waals surface area (Å²) in [5.74, 6) is 0.163. The van der Waals surface area contributed by atoms with Crippen molar-refractivity contribution in [2.24, 2.45) is 0 Å². The number of halogens is 2. The lowest BCUT2D eigenvalue weighted by Crippen LogP contribution is -2.34. The van der Waals surface area contributed by atoms with Gasteiger partial charge in [-0.1, -0.05) is 24.6 Å². The molecule has 0 radical (unpaired) electrons. The summed E-state index contributed by atoms with van der Waals surface area (Å²) in [5, 5.41) is 0. The third-order valence-corrected chi connectivity index (χ3v) is 5.04. The van der Waals surface area contributed by atoms with Gasteiger partial charge in [-0.15, -0.1) is 0 Å². The van der Waals surface area contributed by atoms with Crippen molar-refractivity contribution in [2.45, 2.75) is 25.2 Å². The maximum atomic E-state index is 13.1. The fourth-order valence-electron chi connectivity index (χ4n) is 3.14. The largest absolute Gasteiger partial charge is 0.338 e. The average Bonchev–Trinajstić information content (AvgIpc) is 2.81. The summed E-state index contributed by atoms with van der Waals surface area (Å²) in [5.41, 5.74) is 1.87. The number of amides is 1. The molecule has 0 bridgehead atoms. The second kappa shape index (κ2) is 7.43. The highest BCUT2D eigenvalue weighted by molar-refractivity contribution is 14.1. The lowest BCUT2D eigenvalue weighted by Gasteiger charge is -2.25. The number of rotatable bonds is 2. The Morgan fingerprint density at radius 2 is 1.91 bits per heavy atom. The van der Waals surface area contributed by atoms with Crippen LogP contribution in [0.1, 0.15) is 41.1 Å². The van der Waals surface area contributed by atoms with Crippen LogP contribution in [0, 0.1) is 9.39 Å². The Kier molecular flexibility index (Phi) is 5.30. The van der Waals surface area contributed by atoms with Crippen molar-refractivity contribution in [3.8, 4) is 0 Å². The highest BCUT2D eigenvalue weighted by Crippen LogP contribution is 2.27. The van der Waals surface area contributed by atoms with Crippen molar-refractivity contribution < 1.29 is 9.18 Å². The second-order valence-electron chi connectivity index (χ2n) is 6.01. The maximum absolute atomic E-state index is 13.1. The highest BCUT2D eigenvalue weighted by atomic mass is 127. The van der Waals surface area contributed by atoms with E-state index in [1.807, 2.05) is 41.3 Å². The van der Waals surface area contributed by atoms with E-state index >= 15 is 0 Å². The van der Waals surface area contributed by atoms with Crippen LogP contribution < -0.4 is 0 Å². The quantitative estimate of drug-likeness (QED) is 0.634. The van der Waals surface area contributed by atoms with Gasteiger partial charge < -0.3 is 4.90 Å². The molecule has 23 heavy (non-hydrogen) atoms. The molecule has 4 heteroatoms. The predicted octanol–water partition coefficient (Wildman–Crippen LogP) is 4.84. The van der Waals surface area contributed by atoms with Gasteiger partial charge in [0.25, 0.3) is 5.91 Å². The first-order valence-electron chi connectivity index (χ1n) is 7.94. The minimum absolute atomic E-state index is 0.0949. The van der Waals surface area contributed by atoms with Crippen LogP contribution in [0.25, 0.3) is 0 Å². The molecule has 3 rings (SSSR count). The molecule has 0 saturated carbocycles. The zero-order valence-electron chi connectivity index (χ0n) is 12.8. The Morgan fingerprint density at radius 3 is 2.65 bits per heavy atom. The van der Waals surface area contributed by atoms with Gasteiger partial charge in [0.2, 0.25) is 0 Å². The van der Waals surface area contributed by atoms with Crippen LogP contribution in [0.2, 0.25) is 0 Å². The summed E-state index contributed by atoms with van der Waals surface area (Å²) in [7, 11) is 0. The van der Waals surface area contributed by atoms with Gasteiger partial charge in [0, 0.05) is 28.1 Å². The smallest absolute Gasteiger partial charge is 0.253 e. The molecule has 2 aromatic rings. The van der Waals surface area contributed by atoms with Crippen molar-refractivity contribution in [2.75, 3.05) is 13.1 Å². The summed E-state index contributed by atoms with van der Waals surface area (Å²) < 4.78 is 14.2. The van der Waals surface area contributed by atoms with E-state index in [2.05, 4.69) is 22.6 Å². The molecule has 1 aliphatic heterocycles. The van der Waals surface area contributed by atoms with E-state index in [1.165, 1.54) is 12.1 Å². The normalized spacial score (nSPS) is 18.5. The van der Waals surface area contributed by atoms with Crippen LogP contribution in [-0.2, 0) is 0 Å². The fourth-order valence-corrected chi connectivity index (χ4v) is 3.68. The Hall–Kier alpha value is -1.43. The van der Waals surface area contributed by atoms with Gasteiger partial charge in [0.15, 0.2) is 0 Å². The van der Waals surface area contributed by atoms with Gasteiger partial charge in [0.1, 0.15) is 5.82 Å². The van der Waals surface area contributed by atoms with E-state index in [9.17, 15) is 9.18 Å².